The van der Waals surface area contributed by atoms with Crippen molar-refractivity contribution in [2.75, 3.05) is 7.05 Å². The van der Waals surface area contributed by atoms with Crippen LogP contribution in [0, 0.1) is 5.92 Å². The van der Waals surface area contributed by atoms with Gasteiger partial charge < -0.3 is 5.32 Å². The van der Waals surface area contributed by atoms with Crippen LogP contribution in [0.3, 0.4) is 0 Å². The van der Waals surface area contributed by atoms with Crippen LogP contribution in [0.2, 0.25) is 0 Å². The Morgan fingerprint density at radius 1 is 1.27 bits per heavy atom. The zero-order valence-electron chi connectivity index (χ0n) is 10.5. The quantitative estimate of drug-likeness (QED) is 0.535. The van der Waals surface area contributed by atoms with Crippen LogP contribution in [-0.4, -0.2) is 13.1 Å². The molecule has 0 aromatic rings. The molecule has 1 fully saturated rings. The average molecular weight is 209 g/mol. The van der Waals surface area contributed by atoms with Crippen LogP contribution in [0.5, 0.6) is 0 Å². The Morgan fingerprint density at radius 2 is 1.87 bits per heavy atom. The van der Waals surface area contributed by atoms with E-state index in [1.165, 1.54) is 56.9 Å². The maximum Gasteiger partial charge on any atom is 0.00953 e. The van der Waals surface area contributed by atoms with Crippen LogP contribution in [0.15, 0.2) is 12.2 Å². The molecule has 1 rings (SSSR count). The molecule has 0 aromatic carbocycles. The van der Waals surface area contributed by atoms with Gasteiger partial charge in [-0.05, 0) is 45.6 Å². The summed E-state index contributed by atoms with van der Waals surface area (Å²) in [7, 11) is 2.12. The van der Waals surface area contributed by atoms with Gasteiger partial charge in [-0.2, -0.15) is 0 Å². The molecule has 15 heavy (non-hydrogen) atoms. The van der Waals surface area contributed by atoms with Gasteiger partial charge in [-0.15, -0.1) is 6.58 Å². The zero-order chi connectivity index (χ0) is 11.1. The molecule has 1 atom stereocenters. The van der Waals surface area contributed by atoms with Gasteiger partial charge in [-0.1, -0.05) is 31.3 Å². The molecule has 0 aromatic heterocycles. The topological polar surface area (TPSA) is 12.0 Å². The minimum Gasteiger partial charge on any atom is -0.317 e. The van der Waals surface area contributed by atoms with E-state index in [9.17, 15) is 0 Å². The molecule has 88 valence electrons. The number of hydrogen-bond donors (Lipinski definition) is 1. The van der Waals surface area contributed by atoms with E-state index in [1.807, 2.05) is 0 Å². The first-order valence-electron chi connectivity index (χ1n) is 6.55. The van der Waals surface area contributed by atoms with Crippen molar-refractivity contribution in [3.05, 3.63) is 12.2 Å². The molecule has 1 heteroatoms. The van der Waals surface area contributed by atoms with E-state index >= 15 is 0 Å². The highest BCUT2D eigenvalue weighted by Crippen LogP contribution is 2.27. The van der Waals surface area contributed by atoms with E-state index in [0.29, 0.717) is 0 Å². The summed E-state index contributed by atoms with van der Waals surface area (Å²) in [6.45, 7) is 6.14. The van der Waals surface area contributed by atoms with Crippen LogP contribution in [0.4, 0.5) is 0 Å². The van der Waals surface area contributed by atoms with Crippen LogP contribution in [0.1, 0.15) is 58.3 Å². The Kier molecular flexibility index (Phi) is 6.00. The van der Waals surface area contributed by atoms with Crippen molar-refractivity contribution in [3.63, 3.8) is 0 Å². The Labute approximate surface area is 95.3 Å². The van der Waals surface area contributed by atoms with E-state index in [1.54, 1.807) is 0 Å². The van der Waals surface area contributed by atoms with Crippen molar-refractivity contribution in [1.29, 1.82) is 0 Å². The summed E-state index contributed by atoms with van der Waals surface area (Å²) in [5.41, 5.74) is 1.32. The lowest BCUT2D eigenvalue weighted by Gasteiger charge is -2.26. The van der Waals surface area contributed by atoms with Crippen molar-refractivity contribution in [1.82, 2.24) is 5.32 Å². The standard InChI is InChI=1S/C14H27N/c1-12(2)10-11-14(15-3)13-8-6-4-5-7-9-13/h13-15H,1,4-11H2,2-3H3. The molecule has 0 bridgehead atoms. The van der Waals surface area contributed by atoms with Gasteiger partial charge in [0.1, 0.15) is 0 Å². The summed E-state index contributed by atoms with van der Waals surface area (Å²) in [4.78, 5) is 0. The molecule has 1 N–H and O–H groups in total. The van der Waals surface area contributed by atoms with Gasteiger partial charge in [0.05, 0.1) is 0 Å². The molecule has 1 saturated carbocycles. The Balaban J connectivity index is 2.37. The number of allylic oxidation sites excluding steroid dienone is 1. The SMILES string of the molecule is C=C(C)CCC(NC)C1CCCCCC1. The number of rotatable bonds is 5. The van der Waals surface area contributed by atoms with Gasteiger partial charge in [0.2, 0.25) is 0 Å². The lowest BCUT2D eigenvalue weighted by Crippen LogP contribution is -2.33. The number of hydrogen-bond acceptors (Lipinski definition) is 1. The van der Waals surface area contributed by atoms with E-state index in [-0.39, 0.29) is 0 Å². The van der Waals surface area contributed by atoms with Crippen LogP contribution in [0.25, 0.3) is 0 Å². The monoisotopic (exact) mass is 209 g/mol. The first-order chi connectivity index (χ1) is 7.24. The highest BCUT2D eigenvalue weighted by molar-refractivity contribution is 4.90. The van der Waals surface area contributed by atoms with Crippen LogP contribution >= 0.6 is 0 Å². The Bertz CT molecular complexity index is 178. The predicted octanol–water partition coefficient (Wildman–Crippen LogP) is 3.90. The van der Waals surface area contributed by atoms with Gasteiger partial charge in [-0.25, -0.2) is 0 Å². The minimum absolute atomic E-state index is 0.722. The van der Waals surface area contributed by atoms with E-state index in [4.69, 9.17) is 0 Å². The molecule has 0 aliphatic heterocycles. The second-order valence-corrected chi connectivity index (χ2v) is 5.14. The van der Waals surface area contributed by atoms with Crippen LogP contribution in [-0.2, 0) is 0 Å². The third-order valence-corrected chi connectivity index (χ3v) is 3.72. The summed E-state index contributed by atoms with van der Waals surface area (Å²) in [6, 6.07) is 0.722. The molecule has 0 saturated heterocycles. The molecule has 0 heterocycles. The highest BCUT2D eigenvalue weighted by Gasteiger charge is 2.20. The lowest BCUT2D eigenvalue weighted by atomic mass is 9.88. The van der Waals surface area contributed by atoms with E-state index < -0.39 is 0 Å². The van der Waals surface area contributed by atoms with Crippen molar-refractivity contribution >= 4 is 0 Å². The first kappa shape index (κ1) is 12.8. The smallest absolute Gasteiger partial charge is 0.00953 e. The zero-order valence-corrected chi connectivity index (χ0v) is 10.5. The summed E-state index contributed by atoms with van der Waals surface area (Å²) < 4.78 is 0. The average Bonchev–Trinajstić information content (AvgIpc) is 2.47. The normalized spacial score (nSPS) is 20.9. The summed E-state index contributed by atoms with van der Waals surface area (Å²) in [6.07, 6.45) is 11.1. The summed E-state index contributed by atoms with van der Waals surface area (Å²) in [5.74, 6) is 0.914. The molecule has 0 spiro atoms. The fourth-order valence-electron chi connectivity index (χ4n) is 2.73. The van der Waals surface area contributed by atoms with E-state index in [2.05, 4.69) is 25.9 Å². The van der Waals surface area contributed by atoms with Crippen LogP contribution < -0.4 is 5.32 Å². The Morgan fingerprint density at radius 3 is 2.33 bits per heavy atom. The molecule has 0 radical (unpaired) electrons. The molecule has 1 aliphatic carbocycles. The van der Waals surface area contributed by atoms with Gasteiger partial charge >= 0.3 is 0 Å². The van der Waals surface area contributed by atoms with Gasteiger partial charge in [0, 0.05) is 6.04 Å². The highest BCUT2D eigenvalue weighted by atomic mass is 14.9. The van der Waals surface area contributed by atoms with Gasteiger partial charge in [0.15, 0.2) is 0 Å². The molecular formula is C14H27N. The molecule has 1 unspecified atom stereocenters. The fourth-order valence-corrected chi connectivity index (χ4v) is 2.73. The second-order valence-electron chi connectivity index (χ2n) is 5.14. The predicted molar refractivity (Wildman–Crippen MR) is 68.1 cm³/mol. The second kappa shape index (κ2) is 7.05. The minimum atomic E-state index is 0.722. The molecule has 0 amide bonds. The largest absolute Gasteiger partial charge is 0.317 e. The van der Waals surface area contributed by atoms with Crippen molar-refractivity contribution in [2.45, 2.75) is 64.3 Å². The fraction of sp³-hybridized carbons (Fsp3) is 0.857. The third kappa shape index (κ3) is 4.83. The molecule has 1 nitrogen and oxygen atoms in total. The lowest BCUT2D eigenvalue weighted by molar-refractivity contribution is 0.319. The number of nitrogens with one attached hydrogen (secondary N) is 1. The maximum atomic E-state index is 4.00. The maximum absolute atomic E-state index is 4.00. The van der Waals surface area contributed by atoms with Crippen molar-refractivity contribution in [3.8, 4) is 0 Å². The van der Waals surface area contributed by atoms with Gasteiger partial charge in [-0.3, -0.25) is 0 Å². The molecular weight excluding hydrogens is 182 g/mol. The van der Waals surface area contributed by atoms with Gasteiger partial charge in [0.25, 0.3) is 0 Å². The summed E-state index contributed by atoms with van der Waals surface area (Å²) >= 11 is 0. The summed E-state index contributed by atoms with van der Waals surface area (Å²) in [5, 5.41) is 3.51. The van der Waals surface area contributed by atoms with Crippen molar-refractivity contribution in [2.24, 2.45) is 5.92 Å². The molecule has 1 aliphatic rings. The first-order valence-corrected chi connectivity index (χ1v) is 6.55. The van der Waals surface area contributed by atoms with E-state index in [0.717, 1.165) is 12.0 Å². The van der Waals surface area contributed by atoms with Crippen molar-refractivity contribution < 1.29 is 0 Å². The Hall–Kier alpha value is -0.300. The third-order valence-electron chi connectivity index (χ3n) is 3.72.